The van der Waals surface area contributed by atoms with Crippen LogP contribution in [0.1, 0.15) is 31.2 Å². The summed E-state index contributed by atoms with van der Waals surface area (Å²) >= 11 is 0. The van der Waals surface area contributed by atoms with E-state index < -0.39 is 0 Å². The first-order valence-corrected chi connectivity index (χ1v) is 5.99. The van der Waals surface area contributed by atoms with Crippen molar-refractivity contribution in [3.05, 3.63) is 29.6 Å². The Kier molecular flexibility index (Phi) is 3.61. The first-order chi connectivity index (χ1) is 8.18. The second-order valence-electron chi connectivity index (χ2n) is 4.43. The number of rotatable bonds is 2. The van der Waals surface area contributed by atoms with E-state index in [9.17, 15) is 9.18 Å². The SMILES string of the molecule is Nc1cccc(F)c1CN1CCCCCC1=O. The molecule has 0 bridgehead atoms. The Morgan fingerprint density at radius 3 is 2.88 bits per heavy atom. The number of amides is 1. The number of halogens is 1. The van der Waals surface area contributed by atoms with E-state index in [2.05, 4.69) is 0 Å². The Hall–Kier alpha value is -1.58. The molecule has 1 aromatic carbocycles. The maximum Gasteiger partial charge on any atom is 0.222 e. The molecule has 2 N–H and O–H groups in total. The molecule has 92 valence electrons. The zero-order valence-electron chi connectivity index (χ0n) is 9.79. The van der Waals surface area contributed by atoms with E-state index >= 15 is 0 Å². The van der Waals surface area contributed by atoms with E-state index in [1.54, 1.807) is 17.0 Å². The molecule has 1 aliphatic heterocycles. The highest BCUT2D eigenvalue weighted by Crippen LogP contribution is 2.20. The maximum atomic E-state index is 13.6. The van der Waals surface area contributed by atoms with Gasteiger partial charge < -0.3 is 10.6 Å². The zero-order valence-corrected chi connectivity index (χ0v) is 9.79. The predicted octanol–water partition coefficient (Wildman–Crippen LogP) is 2.31. The summed E-state index contributed by atoms with van der Waals surface area (Å²) in [5.74, 6) is -0.229. The molecule has 4 heteroatoms. The van der Waals surface area contributed by atoms with Crippen LogP contribution in [0.4, 0.5) is 10.1 Å². The summed E-state index contributed by atoms with van der Waals surface area (Å²) in [5, 5.41) is 0. The van der Waals surface area contributed by atoms with Crippen LogP contribution in [0.2, 0.25) is 0 Å². The van der Waals surface area contributed by atoms with Crippen molar-refractivity contribution in [2.45, 2.75) is 32.2 Å². The van der Waals surface area contributed by atoms with Crippen molar-refractivity contribution in [1.29, 1.82) is 0 Å². The summed E-state index contributed by atoms with van der Waals surface area (Å²) in [7, 11) is 0. The predicted molar refractivity (Wildman–Crippen MR) is 64.7 cm³/mol. The third-order valence-electron chi connectivity index (χ3n) is 3.18. The van der Waals surface area contributed by atoms with Gasteiger partial charge in [-0.25, -0.2) is 4.39 Å². The molecule has 17 heavy (non-hydrogen) atoms. The van der Waals surface area contributed by atoms with Gasteiger partial charge in [-0.3, -0.25) is 4.79 Å². The van der Waals surface area contributed by atoms with Gasteiger partial charge in [0.2, 0.25) is 5.91 Å². The highest BCUT2D eigenvalue weighted by Gasteiger charge is 2.19. The number of nitrogens with two attached hydrogens (primary N) is 1. The number of nitrogen functional groups attached to an aromatic ring is 1. The van der Waals surface area contributed by atoms with Gasteiger partial charge in [0.15, 0.2) is 0 Å². The molecule has 1 saturated heterocycles. The maximum absolute atomic E-state index is 13.6. The summed E-state index contributed by atoms with van der Waals surface area (Å²) in [4.78, 5) is 13.5. The van der Waals surface area contributed by atoms with Gasteiger partial charge in [-0.2, -0.15) is 0 Å². The largest absolute Gasteiger partial charge is 0.398 e. The minimum atomic E-state index is -0.331. The quantitative estimate of drug-likeness (QED) is 0.801. The summed E-state index contributed by atoms with van der Waals surface area (Å²) in [5.41, 5.74) is 6.60. The molecule has 1 amide bonds. The second kappa shape index (κ2) is 5.17. The van der Waals surface area contributed by atoms with Crippen molar-refractivity contribution in [3.8, 4) is 0 Å². The van der Waals surface area contributed by atoms with Gasteiger partial charge in [-0.15, -0.1) is 0 Å². The van der Waals surface area contributed by atoms with Crippen LogP contribution >= 0.6 is 0 Å². The molecule has 3 nitrogen and oxygen atoms in total. The molecule has 1 fully saturated rings. The van der Waals surface area contributed by atoms with E-state index in [1.807, 2.05) is 0 Å². The Morgan fingerprint density at radius 1 is 1.29 bits per heavy atom. The minimum Gasteiger partial charge on any atom is -0.398 e. The molecule has 0 radical (unpaired) electrons. The Labute approximate surface area is 100 Å². The molecular weight excluding hydrogens is 219 g/mol. The lowest BCUT2D eigenvalue weighted by Gasteiger charge is -2.21. The highest BCUT2D eigenvalue weighted by molar-refractivity contribution is 5.76. The lowest BCUT2D eigenvalue weighted by Crippen LogP contribution is -2.30. The smallest absolute Gasteiger partial charge is 0.222 e. The molecule has 0 saturated carbocycles. The van der Waals surface area contributed by atoms with Gasteiger partial charge >= 0.3 is 0 Å². The Balaban J connectivity index is 2.16. The van der Waals surface area contributed by atoms with Crippen LogP contribution in [0.25, 0.3) is 0 Å². The minimum absolute atomic E-state index is 0.102. The number of carbonyl (C=O) groups excluding carboxylic acids is 1. The van der Waals surface area contributed by atoms with E-state index in [0.717, 1.165) is 19.3 Å². The summed E-state index contributed by atoms with van der Waals surface area (Å²) < 4.78 is 13.6. The average molecular weight is 236 g/mol. The number of hydrogen-bond acceptors (Lipinski definition) is 2. The summed E-state index contributed by atoms with van der Waals surface area (Å²) in [6, 6.07) is 4.63. The van der Waals surface area contributed by atoms with Crippen LogP contribution in [0.5, 0.6) is 0 Å². The van der Waals surface area contributed by atoms with Crippen molar-refractivity contribution < 1.29 is 9.18 Å². The van der Waals surface area contributed by atoms with Crippen molar-refractivity contribution >= 4 is 11.6 Å². The molecular formula is C13H17FN2O. The molecule has 2 rings (SSSR count). The van der Waals surface area contributed by atoms with E-state index in [-0.39, 0.29) is 18.3 Å². The Morgan fingerprint density at radius 2 is 2.12 bits per heavy atom. The molecule has 0 unspecified atom stereocenters. The number of likely N-dealkylation sites (tertiary alicyclic amines) is 1. The normalized spacial score (nSPS) is 17.0. The molecule has 1 aromatic rings. The molecule has 1 aliphatic rings. The monoisotopic (exact) mass is 236 g/mol. The number of carbonyl (C=O) groups is 1. The van der Waals surface area contributed by atoms with Gasteiger partial charge in [0.05, 0.1) is 6.54 Å². The Bertz CT molecular complexity index is 400. The fourth-order valence-electron chi connectivity index (χ4n) is 2.14. The van der Waals surface area contributed by atoms with Crippen LogP contribution in [0.15, 0.2) is 18.2 Å². The fraction of sp³-hybridized carbons (Fsp3) is 0.462. The number of nitrogens with zero attached hydrogens (tertiary/aromatic N) is 1. The summed E-state index contributed by atoms with van der Waals surface area (Å²) in [6.45, 7) is 0.990. The van der Waals surface area contributed by atoms with Crippen LogP contribution in [0, 0.1) is 5.82 Å². The lowest BCUT2D eigenvalue weighted by molar-refractivity contribution is -0.131. The molecule has 1 heterocycles. The number of benzene rings is 1. The van der Waals surface area contributed by atoms with Gasteiger partial charge in [0.25, 0.3) is 0 Å². The van der Waals surface area contributed by atoms with Gasteiger partial charge in [0, 0.05) is 24.2 Å². The molecule has 0 spiro atoms. The van der Waals surface area contributed by atoms with Crippen molar-refractivity contribution in [2.24, 2.45) is 0 Å². The van der Waals surface area contributed by atoms with Gasteiger partial charge in [0.1, 0.15) is 5.82 Å². The van der Waals surface area contributed by atoms with E-state index in [0.29, 0.717) is 24.2 Å². The van der Waals surface area contributed by atoms with Crippen LogP contribution in [0.3, 0.4) is 0 Å². The van der Waals surface area contributed by atoms with Crippen molar-refractivity contribution in [1.82, 2.24) is 4.90 Å². The number of hydrogen-bond donors (Lipinski definition) is 1. The lowest BCUT2D eigenvalue weighted by atomic mass is 10.1. The van der Waals surface area contributed by atoms with Gasteiger partial charge in [-0.1, -0.05) is 12.5 Å². The van der Waals surface area contributed by atoms with Crippen LogP contribution < -0.4 is 5.73 Å². The molecule has 0 atom stereocenters. The standard InChI is InChI=1S/C13H17FN2O/c14-11-5-4-6-12(15)10(11)9-16-8-3-1-2-7-13(16)17/h4-6H,1-3,7-9,15H2. The summed E-state index contributed by atoms with van der Waals surface area (Å²) in [6.07, 6.45) is 3.55. The third-order valence-corrected chi connectivity index (χ3v) is 3.18. The van der Waals surface area contributed by atoms with Crippen molar-refractivity contribution in [2.75, 3.05) is 12.3 Å². The fourth-order valence-corrected chi connectivity index (χ4v) is 2.14. The first-order valence-electron chi connectivity index (χ1n) is 5.99. The van der Waals surface area contributed by atoms with Crippen molar-refractivity contribution in [3.63, 3.8) is 0 Å². The van der Waals surface area contributed by atoms with E-state index in [4.69, 9.17) is 5.73 Å². The zero-order chi connectivity index (χ0) is 12.3. The third kappa shape index (κ3) is 2.75. The first kappa shape index (κ1) is 11.9. The van der Waals surface area contributed by atoms with Gasteiger partial charge in [-0.05, 0) is 25.0 Å². The van der Waals surface area contributed by atoms with E-state index in [1.165, 1.54) is 6.07 Å². The topological polar surface area (TPSA) is 46.3 Å². The average Bonchev–Trinajstić information content (AvgIpc) is 2.49. The van der Waals surface area contributed by atoms with Crippen LogP contribution in [-0.2, 0) is 11.3 Å². The number of anilines is 1. The molecule has 0 aliphatic carbocycles. The molecule has 0 aromatic heterocycles. The van der Waals surface area contributed by atoms with Crippen LogP contribution in [-0.4, -0.2) is 17.4 Å². The second-order valence-corrected chi connectivity index (χ2v) is 4.43. The highest BCUT2D eigenvalue weighted by atomic mass is 19.1.